The maximum absolute atomic E-state index is 10.1. The van der Waals surface area contributed by atoms with E-state index >= 15 is 0 Å². The first-order valence-electron chi connectivity index (χ1n) is 6.03. The molecule has 0 bridgehead atoms. The number of hydrogen-bond acceptors (Lipinski definition) is 2. The van der Waals surface area contributed by atoms with Crippen molar-refractivity contribution < 1.29 is 5.11 Å². The van der Waals surface area contributed by atoms with Crippen LogP contribution in [0.15, 0.2) is 18.2 Å². The lowest BCUT2D eigenvalue weighted by Gasteiger charge is -2.17. The molecule has 0 amide bonds. The van der Waals surface area contributed by atoms with Crippen molar-refractivity contribution in [1.82, 2.24) is 5.32 Å². The summed E-state index contributed by atoms with van der Waals surface area (Å²) in [5.74, 6) is 0. The van der Waals surface area contributed by atoms with Crippen LogP contribution in [0.25, 0.3) is 0 Å². The van der Waals surface area contributed by atoms with E-state index in [0.29, 0.717) is 22.6 Å². The molecule has 1 unspecified atom stereocenters. The Morgan fingerprint density at radius 3 is 2.65 bits per heavy atom. The molecule has 0 heterocycles. The summed E-state index contributed by atoms with van der Waals surface area (Å²) in [5, 5.41) is 14.6. The highest BCUT2D eigenvalue weighted by Gasteiger charge is 2.17. The third-order valence-electron chi connectivity index (χ3n) is 3.28. The molecule has 0 aliphatic heterocycles. The number of aliphatic hydroxyl groups excluding tert-OH is 1. The van der Waals surface area contributed by atoms with E-state index in [2.05, 4.69) is 5.32 Å². The molecule has 1 saturated carbocycles. The molecule has 1 aliphatic rings. The number of benzene rings is 1. The van der Waals surface area contributed by atoms with Crippen LogP contribution in [0.3, 0.4) is 0 Å². The first-order chi connectivity index (χ1) is 8.16. The Morgan fingerprint density at radius 2 is 2.00 bits per heavy atom. The van der Waals surface area contributed by atoms with E-state index in [1.807, 2.05) is 0 Å². The van der Waals surface area contributed by atoms with E-state index in [4.69, 9.17) is 23.2 Å². The zero-order chi connectivity index (χ0) is 12.3. The van der Waals surface area contributed by atoms with Gasteiger partial charge in [-0.25, -0.2) is 0 Å². The molecule has 2 N–H and O–H groups in total. The quantitative estimate of drug-likeness (QED) is 0.879. The Hall–Kier alpha value is -0.280. The van der Waals surface area contributed by atoms with E-state index in [-0.39, 0.29) is 0 Å². The Kier molecular flexibility index (Phi) is 4.69. The molecule has 0 spiro atoms. The molecule has 2 rings (SSSR count). The highest BCUT2D eigenvalue weighted by atomic mass is 35.5. The molecule has 17 heavy (non-hydrogen) atoms. The normalized spacial score (nSPS) is 18.5. The summed E-state index contributed by atoms with van der Waals surface area (Å²) in [6, 6.07) is 5.75. The zero-order valence-electron chi connectivity index (χ0n) is 9.63. The number of hydrogen-bond donors (Lipinski definition) is 2. The van der Waals surface area contributed by atoms with Gasteiger partial charge in [-0.3, -0.25) is 0 Å². The summed E-state index contributed by atoms with van der Waals surface area (Å²) in [6.45, 7) is 0.548. The molecule has 0 radical (unpaired) electrons. The number of nitrogens with one attached hydrogen (secondary N) is 1. The predicted octanol–water partition coefficient (Wildman–Crippen LogP) is 3.56. The van der Waals surface area contributed by atoms with Crippen LogP contribution in [0.4, 0.5) is 0 Å². The number of aliphatic hydroxyl groups is 1. The Bertz CT molecular complexity index is 378. The molecule has 0 aromatic heterocycles. The minimum Gasteiger partial charge on any atom is -0.387 e. The smallest absolute Gasteiger partial charge is 0.0928 e. The topological polar surface area (TPSA) is 32.3 Å². The van der Waals surface area contributed by atoms with Crippen molar-refractivity contribution in [3.8, 4) is 0 Å². The van der Waals surface area contributed by atoms with Crippen molar-refractivity contribution in [1.29, 1.82) is 0 Å². The van der Waals surface area contributed by atoms with Gasteiger partial charge >= 0.3 is 0 Å². The molecule has 0 saturated heterocycles. The summed E-state index contributed by atoms with van der Waals surface area (Å²) in [6.07, 6.45) is 4.42. The fraction of sp³-hybridized carbons (Fsp3) is 0.538. The fourth-order valence-electron chi connectivity index (χ4n) is 2.29. The van der Waals surface area contributed by atoms with Crippen LogP contribution in [0.2, 0.25) is 10.0 Å². The van der Waals surface area contributed by atoms with Gasteiger partial charge in [-0.15, -0.1) is 0 Å². The van der Waals surface area contributed by atoms with Gasteiger partial charge < -0.3 is 10.4 Å². The maximum atomic E-state index is 10.1. The fourth-order valence-corrected chi connectivity index (χ4v) is 2.82. The van der Waals surface area contributed by atoms with Crippen LogP contribution >= 0.6 is 23.2 Å². The van der Waals surface area contributed by atoms with Gasteiger partial charge in [0.1, 0.15) is 0 Å². The van der Waals surface area contributed by atoms with Gasteiger partial charge in [-0.05, 0) is 25.0 Å². The van der Waals surface area contributed by atoms with E-state index in [1.165, 1.54) is 25.7 Å². The average molecular weight is 274 g/mol. The van der Waals surface area contributed by atoms with Crippen LogP contribution < -0.4 is 5.32 Å². The number of halogens is 2. The largest absolute Gasteiger partial charge is 0.387 e. The molecule has 1 aromatic rings. The van der Waals surface area contributed by atoms with Crippen LogP contribution in [0, 0.1) is 0 Å². The molecular formula is C13H17Cl2NO. The van der Waals surface area contributed by atoms with Crippen LogP contribution in [0.5, 0.6) is 0 Å². The van der Waals surface area contributed by atoms with Crippen molar-refractivity contribution in [3.05, 3.63) is 33.8 Å². The second kappa shape index (κ2) is 6.05. The van der Waals surface area contributed by atoms with Gasteiger partial charge in [0.15, 0.2) is 0 Å². The lowest BCUT2D eigenvalue weighted by atomic mass is 10.1. The molecule has 2 nitrogen and oxygen atoms in total. The molecule has 94 valence electrons. The first-order valence-corrected chi connectivity index (χ1v) is 6.79. The maximum Gasteiger partial charge on any atom is 0.0928 e. The molecule has 1 atom stereocenters. The first kappa shape index (κ1) is 13.2. The van der Waals surface area contributed by atoms with Gasteiger partial charge in [-0.2, -0.15) is 0 Å². The summed E-state index contributed by atoms with van der Waals surface area (Å²) in [4.78, 5) is 0. The van der Waals surface area contributed by atoms with Gasteiger partial charge in [-0.1, -0.05) is 42.1 Å². The van der Waals surface area contributed by atoms with Gasteiger partial charge in [0.2, 0.25) is 0 Å². The molecule has 4 heteroatoms. The van der Waals surface area contributed by atoms with Crippen molar-refractivity contribution >= 4 is 23.2 Å². The average Bonchev–Trinajstić information content (AvgIpc) is 2.78. The summed E-state index contributed by atoms with van der Waals surface area (Å²) >= 11 is 11.9. The number of rotatable bonds is 4. The second-order valence-electron chi connectivity index (χ2n) is 4.57. The standard InChI is InChI=1S/C13H17Cl2NO/c14-9-5-6-11(12(15)7-9)13(17)8-16-10-3-1-2-4-10/h5-7,10,13,16-17H,1-4,8H2. The lowest BCUT2D eigenvalue weighted by molar-refractivity contribution is 0.170. The Labute approximate surface area is 112 Å². The Morgan fingerprint density at radius 1 is 1.29 bits per heavy atom. The van der Waals surface area contributed by atoms with Gasteiger partial charge in [0, 0.05) is 28.2 Å². The van der Waals surface area contributed by atoms with Crippen molar-refractivity contribution in [3.63, 3.8) is 0 Å². The van der Waals surface area contributed by atoms with Gasteiger partial charge in [0.25, 0.3) is 0 Å². The third kappa shape index (κ3) is 3.59. The minimum atomic E-state index is -0.569. The van der Waals surface area contributed by atoms with E-state index in [9.17, 15) is 5.11 Å². The SMILES string of the molecule is OC(CNC1CCCC1)c1ccc(Cl)cc1Cl. The monoisotopic (exact) mass is 273 g/mol. The predicted molar refractivity (Wildman–Crippen MR) is 71.7 cm³/mol. The van der Waals surface area contributed by atoms with E-state index in [1.54, 1.807) is 18.2 Å². The Balaban J connectivity index is 1.91. The highest BCUT2D eigenvalue weighted by Crippen LogP contribution is 2.26. The van der Waals surface area contributed by atoms with Crippen LogP contribution in [0.1, 0.15) is 37.4 Å². The minimum absolute atomic E-state index is 0.526. The van der Waals surface area contributed by atoms with Crippen molar-refractivity contribution in [2.45, 2.75) is 37.8 Å². The molecule has 1 aromatic carbocycles. The van der Waals surface area contributed by atoms with Gasteiger partial charge in [0.05, 0.1) is 6.10 Å². The highest BCUT2D eigenvalue weighted by molar-refractivity contribution is 6.35. The van der Waals surface area contributed by atoms with Crippen molar-refractivity contribution in [2.24, 2.45) is 0 Å². The van der Waals surface area contributed by atoms with E-state index < -0.39 is 6.10 Å². The summed E-state index contributed by atoms with van der Waals surface area (Å²) < 4.78 is 0. The van der Waals surface area contributed by atoms with Crippen LogP contribution in [-0.4, -0.2) is 17.7 Å². The van der Waals surface area contributed by atoms with Crippen LogP contribution in [-0.2, 0) is 0 Å². The molecule has 1 fully saturated rings. The van der Waals surface area contributed by atoms with E-state index in [0.717, 1.165) is 5.56 Å². The summed E-state index contributed by atoms with van der Waals surface area (Å²) in [5.41, 5.74) is 0.738. The lowest BCUT2D eigenvalue weighted by Crippen LogP contribution is -2.30. The molecule has 1 aliphatic carbocycles. The van der Waals surface area contributed by atoms with Crippen molar-refractivity contribution in [2.75, 3.05) is 6.54 Å². The zero-order valence-corrected chi connectivity index (χ0v) is 11.1. The third-order valence-corrected chi connectivity index (χ3v) is 3.84. The molecular weight excluding hydrogens is 257 g/mol. The second-order valence-corrected chi connectivity index (χ2v) is 5.41. The summed E-state index contributed by atoms with van der Waals surface area (Å²) in [7, 11) is 0.